The molecule has 6 rings (SSSR count). The van der Waals surface area contributed by atoms with Crippen molar-refractivity contribution in [2.24, 2.45) is 41.2 Å². The van der Waals surface area contributed by atoms with Crippen molar-refractivity contribution in [3.8, 4) is 5.75 Å². The monoisotopic (exact) mass is 661 g/mol. The Morgan fingerprint density at radius 3 is 2.17 bits per heavy atom. The van der Waals surface area contributed by atoms with Gasteiger partial charge in [0.15, 0.2) is 34.7 Å². The summed E-state index contributed by atoms with van der Waals surface area (Å²) in [4.78, 5) is 70.3. The Kier molecular flexibility index (Phi) is 8.66. The van der Waals surface area contributed by atoms with Crippen molar-refractivity contribution < 1.29 is 47.4 Å². The highest BCUT2D eigenvalue weighted by Crippen LogP contribution is 2.53. The molecule has 0 heterocycles. The fourth-order valence-electron chi connectivity index (χ4n) is 9.07. The lowest BCUT2D eigenvalue weighted by molar-refractivity contribution is -0.181. The summed E-state index contributed by atoms with van der Waals surface area (Å²) >= 11 is 0. The van der Waals surface area contributed by atoms with Crippen LogP contribution in [0.4, 0.5) is 13.2 Å². The van der Waals surface area contributed by atoms with Crippen LogP contribution in [-0.4, -0.2) is 87.9 Å². The van der Waals surface area contributed by atoms with E-state index in [0.29, 0.717) is 24.9 Å². The third-order valence-electron chi connectivity index (χ3n) is 11.3. The number of phenolic OH excluding ortho intramolecular Hbond substituents is 1. The molecule has 2 unspecified atom stereocenters. The third kappa shape index (κ3) is 5.71. The van der Waals surface area contributed by atoms with Crippen LogP contribution in [0.15, 0.2) is 6.07 Å². The number of aliphatic hydroxyl groups is 1. The highest BCUT2D eigenvalue weighted by atomic mass is 19.4. The van der Waals surface area contributed by atoms with Gasteiger partial charge in [0.2, 0.25) is 5.91 Å². The molecule has 47 heavy (non-hydrogen) atoms. The Morgan fingerprint density at radius 2 is 1.62 bits per heavy atom. The maximum Gasteiger partial charge on any atom is 0.417 e. The van der Waals surface area contributed by atoms with Gasteiger partial charge in [-0.3, -0.25) is 33.8 Å². The van der Waals surface area contributed by atoms with Crippen LogP contribution in [0.2, 0.25) is 0 Å². The summed E-state index contributed by atoms with van der Waals surface area (Å²) in [5.74, 6) is -12.4. The van der Waals surface area contributed by atoms with E-state index in [4.69, 9.17) is 5.73 Å². The van der Waals surface area contributed by atoms with Crippen molar-refractivity contribution in [1.82, 2.24) is 9.80 Å². The van der Waals surface area contributed by atoms with E-state index < -0.39 is 99.4 Å². The van der Waals surface area contributed by atoms with Crippen molar-refractivity contribution in [3.63, 3.8) is 0 Å². The molecule has 10 nitrogen and oxygen atoms in total. The molecule has 0 spiro atoms. The smallest absolute Gasteiger partial charge is 0.417 e. The van der Waals surface area contributed by atoms with Crippen LogP contribution in [0.25, 0.3) is 0 Å². The number of Topliss-reactive ketones (excluding diaryl/α,β-unsaturated/α-hetero) is 4. The third-order valence-corrected chi connectivity index (χ3v) is 11.3. The Morgan fingerprint density at radius 1 is 1.00 bits per heavy atom. The molecular weight excluding hydrogens is 619 g/mol. The predicted molar refractivity (Wildman–Crippen MR) is 161 cm³/mol. The average Bonchev–Trinajstić information content (AvgIpc) is 3.78. The zero-order chi connectivity index (χ0) is 34.2. The summed E-state index contributed by atoms with van der Waals surface area (Å²) in [6.45, 7) is 1.22. The molecule has 13 heteroatoms. The topological polar surface area (TPSA) is 158 Å². The first-order chi connectivity index (χ1) is 22.0. The number of rotatable bonds is 8. The molecule has 0 bridgehead atoms. The fraction of sp³-hybridized carbons (Fsp3) is 0.676. The molecule has 1 aromatic carbocycles. The van der Waals surface area contributed by atoms with E-state index >= 15 is 13.2 Å². The number of nitrogens with zero attached hydrogens (tertiary/aromatic N) is 2. The zero-order valence-electron chi connectivity index (χ0n) is 26.6. The summed E-state index contributed by atoms with van der Waals surface area (Å²) in [6.07, 6.45) is 1.73. The van der Waals surface area contributed by atoms with Gasteiger partial charge in [-0.05, 0) is 87.6 Å². The molecule has 0 saturated heterocycles. The lowest BCUT2D eigenvalue weighted by Crippen LogP contribution is -2.74. The minimum Gasteiger partial charge on any atom is -0.507 e. The van der Waals surface area contributed by atoms with Gasteiger partial charge in [-0.1, -0.05) is 19.3 Å². The number of carbonyl (C=O) groups excluding carboxylic acids is 5. The second-order valence-electron chi connectivity index (χ2n) is 14.7. The minimum atomic E-state index is -4.90. The van der Waals surface area contributed by atoms with Gasteiger partial charge in [0.25, 0.3) is 0 Å². The fourth-order valence-corrected chi connectivity index (χ4v) is 9.07. The maximum atomic E-state index is 15.0. The van der Waals surface area contributed by atoms with Crippen LogP contribution in [-0.2, 0) is 38.3 Å². The summed E-state index contributed by atoms with van der Waals surface area (Å²) < 4.78 is 45.1. The standard InChI is InChI=1S/C34H42F3N3O7/c1-39(2)27-21-11-18-10-20-24(28(42)23(18)30(44)33(21,47)31(45)25(29(27)43)32(38)46)22(41)12-19(26(20)34(35,36)37)15-40(14-17-8-9-17)13-16-6-4-3-5-7-16/h12,16-18,21,23,25,27,41,47H,3-11,13-15H2,1-2H3,(H2,38,46)/t18-,21-,23?,25?,27-,33-/m0/s1. The van der Waals surface area contributed by atoms with Crippen LogP contribution in [0.3, 0.4) is 0 Å². The summed E-state index contributed by atoms with van der Waals surface area (Å²) in [5, 5.41) is 22.9. The number of amides is 1. The summed E-state index contributed by atoms with van der Waals surface area (Å²) in [7, 11) is 2.89. The number of ketones is 4. The normalized spacial score (nSPS) is 31.6. The van der Waals surface area contributed by atoms with Crippen LogP contribution in [0.1, 0.15) is 78.4 Å². The van der Waals surface area contributed by atoms with Gasteiger partial charge in [0.05, 0.1) is 23.1 Å². The van der Waals surface area contributed by atoms with E-state index in [1.807, 2.05) is 4.90 Å². The van der Waals surface area contributed by atoms with Crippen molar-refractivity contribution in [3.05, 3.63) is 28.3 Å². The number of benzene rings is 1. The number of halogens is 3. The second-order valence-corrected chi connectivity index (χ2v) is 14.7. The minimum absolute atomic E-state index is 0.0630. The molecular formula is C34H42F3N3O7. The summed E-state index contributed by atoms with van der Waals surface area (Å²) in [5.41, 5.74) is 0.181. The van der Waals surface area contributed by atoms with E-state index in [1.54, 1.807) is 0 Å². The van der Waals surface area contributed by atoms with Crippen LogP contribution < -0.4 is 5.73 Å². The Hall–Kier alpha value is -3.16. The lowest BCUT2D eigenvalue weighted by Gasteiger charge is -2.52. The van der Waals surface area contributed by atoms with Crippen LogP contribution >= 0.6 is 0 Å². The number of likely N-dealkylation sites (N-methyl/N-ethyl adjacent to an activating group) is 1. The molecule has 5 aliphatic carbocycles. The first kappa shape index (κ1) is 33.7. The van der Waals surface area contributed by atoms with Gasteiger partial charge in [0, 0.05) is 25.6 Å². The molecule has 256 valence electrons. The Labute approximate surface area is 270 Å². The van der Waals surface area contributed by atoms with Crippen molar-refractivity contribution in [1.29, 1.82) is 0 Å². The largest absolute Gasteiger partial charge is 0.507 e. The van der Waals surface area contributed by atoms with Crippen molar-refractivity contribution in [2.45, 2.75) is 82.2 Å². The number of carbonyl (C=O) groups is 5. The van der Waals surface area contributed by atoms with Gasteiger partial charge >= 0.3 is 6.18 Å². The molecule has 1 aromatic rings. The number of alkyl halides is 3. The predicted octanol–water partition coefficient (Wildman–Crippen LogP) is 2.68. The van der Waals surface area contributed by atoms with E-state index in [0.717, 1.165) is 51.0 Å². The van der Waals surface area contributed by atoms with E-state index in [9.17, 15) is 34.2 Å². The molecule has 4 fully saturated rings. The van der Waals surface area contributed by atoms with Gasteiger partial charge in [-0.25, -0.2) is 0 Å². The van der Waals surface area contributed by atoms with Gasteiger partial charge < -0.3 is 15.9 Å². The molecule has 0 aromatic heterocycles. The average molecular weight is 662 g/mol. The quantitative estimate of drug-likeness (QED) is 0.356. The number of primary amides is 1. The van der Waals surface area contributed by atoms with E-state index in [-0.39, 0.29) is 18.5 Å². The molecule has 4 saturated carbocycles. The summed E-state index contributed by atoms with van der Waals surface area (Å²) in [6, 6.07) is -0.365. The van der Waals surface area contributed by atoms with Crippen molar-refractivity contribution >= 4 is 29.0 Å². The molecule has 4 N–H and O–H groups in total. The molecule has 0 radical (unpaired) electrons. The molecule has 5 aliphatic rings. The highest BCUT2D eigenvalue weighted by molar-refractivity contribution is 6.32. The number of hydrogen-bond donors (Lipinski definition) is 3. The maximum absolute atomic E-state index is 15.0. The Balaban J connectivity index is 1.41. The Bertz CT molecular complexity index is 1520. The number of phenols is 1. The number of nitrogens with two attached hydrogens (primary N) is 1. The lowest BCUT2D eigenvalue weighted by atomic mass is 9.52. The molecule has 6 atom stereocenters. The number of fused-ring (bicyclic) bond motifs is 3. The second kappa shape index (κ2) is 12.1. The van der Waals surface area contributed by atoms with Gasteiger partial charge in [-0.15, -0.1) is 0 Å². The first-order valence-electron chi connectivity index (χ1n) is 16.6. The van der Waals surface area contributed by atoms with Crippen molar-refractivity contribution in [2.75, 3.05) is 27.2 Å². The SMILES string of the molecule is CN(C)[C@@H]1C(=O)C(C(N)=O)C(=O)[C@@]2(O)C(=O)C3C(=O)c4c(O)cc(CN(CC5CCCCC5)CC5CC5)c(C(F)(F)F)c4C[C@H]3C[C@@H]12. The van der Waals surface area contributed by atoms with E-state index in [1.165, 1.54) is 19.0 Å². The highest BCUT2D eigenvalue weighted by Gasteiger charge is 2.69. The van der Waals surface area contributed by atoms with Crippen LogP contribution in [0, 0.1) is 35.5 Å². The van der Waals surface area contributed by atoms with Gasteiger partial charge in [-0.2, -0.15) is 13.2 Å². The van der Waals surface area contributed by atoms with Gasteiger partial charge in [0.1, 0.15) is 5.75 Å². The number of hydrogen-bond acceptors (Lipinski definition) is 9. The zero-order valence-corrected chi connectivity index (χ0v) is 26.6. The van der Waals surface area contributed by atoms with Crippen LogP contribution in [0.5, 0.6) is 5.75 Å². The number of aromatic hydroxyl groups is 1. The molecule has 1 amide bonds. The first-order valence-corrected chi connectivity index (χ1v) is 16.6. The molecule has 0 aliphatic heterocycles. The van der Waals surface area contributed by atoms with E-state index in [2.05, 4.69) is 0 Å².